The predicted molar refractivity (Wildman–Crippen MR) is 118 cm³/mol. The minimum atomic E-state index is -0.500. The number of hydrogen-bond donors (Lipinski definition) is 1. The highest BCUT2D eigenvalue weighted by atomic mass is 32.2. The summed E-state index contributed by atoms with van der Waals surface area (Å²) in [6, 6.07) is 15.0. The highest BCUT2D eigenvalue weighted by molar-refractivity contribution is 8.16. The first-order valence-corrected chi connectivity index (χ1v) is 10.5. The molecule has 0 spiro atoms. The molecule has 0 radical (unpaired) electrons. The summed E-state index contributed by atoms with van der Waals surface area (Å²) in [7, 11) is 1.33. The van der Waals surface area contributed by atoms with Gasteiger partial charge >= 0.3 is 5.97 Å². The van der Waals surface area contributed by atoms with E-state index in [4.69, 9.17) is 4.74 Å². The molecule has 0 fully saturated rings. The van der Waals surface area contributed by atoms with Gasteiger partial charge in [-0.05, 0) is 30.0 Å². The van der Waals surface area contributed by atoms with Gasteiger partial charge < -0.3 is 15.0 Å². The monoisotopic (exact) mass is 437 g/mol. The molecule has 1 amide bonds. The number of ether oxygens (including phenoxy) is 1. The number of halogens is 1. The van der Waals surface area contributed by atoms with E-state index in [0.717, 1.165) is 5.56 Å². The fourth-order valence-corrected chi connectivity index (χ4v) is 4.58. The van der Waals surface area contributed by atoms with Crippen molar-refractivity contribution < 1.29 is 18.7 Å². The Balaban J connectivity index is 1.65. The number of anilines is 1. The first-order chi connectivity index (χ1) is 15.0. The summed E-state index contributed by atoms with van der Waals surface area (Å²) in [6.07, 6.45) is -0.00279. The van der Waals surface area contributed by atoms with Crippen LogP contribution < -0.4 is 5.32 Å². The molecule has 2 aliphatic rings. The van der Waals surface area contributed by atoms with E-state index < -0.39 is 17.8 Å². The number of amidine groups is 1. The van der Waals surface area contributed by atoms with Gasteiger partial charge in [-0.15, -0.1) is 0 Å². The number of para-hydroxylation sites is 1. The quantitative estimate of drug-likeness (QED) is 0.692. The second-order valence-corrected chi connectivity index (χ2v) is 7.84. The summed E-state index contributed by atoms with van der Waals surface area (Å²) in [4.78, 5) is 31.8. The normalized spacial score (nSPS) is 17.6. The lowest BCUT2D eigenvalue weighted by atomic mass is 9.94. The predicted octanol–water partition coefficient (Wildman–Crippen LogP) is 4.60. The van der Waals surface area contributed by atoms with Crippen LogP contribution >= 0.6 is 11.8 Å². The number of carbonyl (C=O) groups is 2. The number of methoxy groups -OCH3 is 1. The van der Waals surface area contributed by atoms with Crippen LogP contribution in [0.3, 0.4) is 0 Å². The van der Waals surface area contributed by atoms with Crippen molar-refractivity contribution in [2.45, 2.75) is 19.4 Å². The molecule has 158 valence electrons. The molecule has 0 saturated carbocycles. The maximum absolute atomic E-state index is 13.9. The van der Waals surface area contributed by atoms with Crippen molar-refractivity contribution in [1.82, 2.24) is 4.90 Å². The third kappa shape index (κ3) is 4.11. The van der Waals surface area contributed by atoms with Crippen molar-refractivity contribution in [1.29, 1.82) is 0 Å². The van der Waals surface area contributed by atoms with Crippen LogP contribution in [0.5, 0.6) is 0 Å². The number of benzene rings is 2. The highest BCUT2D eigenvalue weighted by Gasteiger charge is 2.40. The number of esters is 1. The molecular formula is C23H20FN3O3S. The van der Waals surface area contributed by atoms with E-state index in [0.29, 0.717) is 22.1 Å². The molecule has 2 heterocycles. The SMILES string of the molecule is COC(=O)C1=C(C)N=C2SC=C(CC(=O)Nc3ccccc3F)N2C1c1ccccc1. The van der Waals surface area contributed by atoms with Crippen LogP contribution in [-0.2, 0) is 14.3 Å². The second kappa shape index (κ2) is 8.77. The molecule has 6 nitrogen and oxygen atoms in total. The van der Waals surface area contributed by atoms with Gasteiger partial charge in [0.25, 0.3) is 0 Å². The Labute approximate surface area is 183 Å². The molecule has 1 unspecified atom stereocenters. The third-order valence-electron chi connectivity index (χ3n) is 5.01. The number of fused-ring (bicyclic) bond motifs is 1. The summed E-state index contributed by atoms with van der Waals surface area (Å²) in [6.45, 7) is 1.77. The number of aliphatic imine (C=N–C) groups is 1. The highest BCUT2D eigenvalue weighted by Crippen LogP contribution is 2.44. The zero-order valence-corrected chi connectivity index (χ0v) is 17.8. The molecular weight excluding hydrogens is 417 g/mol. The number of amides is 1. The number of nitrogens with zero attached hydrogens (tertiary/aromatic N) is 2. The third-order valence-corrected chi connectivity index (χ3v) is 5.90. The van der Waals surface area contributed by atoms with Crippen LogP contribution in [0, 0.1) is 5.82 Å². The van der Waals surface area contributed by atoms with E-state index >= 15 is 0 Å². The zero-order valence-electron chi connectivity index (χ0n) is 17.0. The standard InChI is InChI=1S/C23H20FN3O3S/c1-14-20(22(29)30-2)21(15-8-4-3-5-9-15)27-16(13-31-23(27)25-14)12-19(28)26-18-11-7-6-10-17(18)24/h3-11,13,21H,12H2,1-2H3,(H,26,28). The van der Waals surface area contributed by atoms with Gasteiger partial charge in [0.1, 0.15) is 5.82 Å². The van der Waals surface area contributed by atoms with Crippen LogP contribution in [0.2, 0.25) is 0 Å². The largest absolute Gasteiger partial charge is 0.466 e. The van der Waals surface area contributed by atoms with E-state index in [-0.39, 0.29) is 18.0 Å². The number of hydrogen-bond acceptors (Lipinski definition) is 6. The van der Waals surface area contributed by atoms with Crippen LogP contribution in [0.15, 0.2) is 82.0 Å². The van der Waals surface area contributed by atoms with Crippen molar-refractivity contribution >= 4 is 34.5 Å². The average molecular weight is 437 g/mol. The topological polar surface area (TPSA) is 71.0 Å². The lowest BCUT2D eigenvalue weighted by Crippen LogP contribution is -2.37. The van der Waals surface area contributed by atoms with Gasteiger partial charge in [0.05, 0.1) is 36.5 Å². The molecule has 1 atom stereocenters. The van der Waals surface area contributed by atoms with E-state index in [1.54, 1.807) is 19.1 Å². The molecule has 31 heavy (non-hydrogen) atoms. The first kappa shape index (κ1) is 20.9. The summed E-state index contributed by atoms with van der Waals surface area (Å²) >= 11 is 1.38. The maximum atomic E-state index is 13.9. The van der Waals surface area contributed by atoms with Gasteiger partial charge in [0, 0.05) is 5.70 Å². The number of rotatable bonds is 5. The second-order valence-electron chi connectivity index (χ2n) is 7.00. The molecule has 2 aromatic rings. The van der Waals surface area contributed by atoms with Gasteiger partial charge in [-0.1, -0.05) is 54.2 Å². The molecule has 1 N–H and O–H groups in total. The molecule has 2 aromatic carbocycles. The minimum absolute atomic E-state index is 0.00279. The molecule has 0 aliphatic carbocycles. The number of nitrogens with one attached hydrogen (secondary N) is 1. The zero-order chi connectivity index (χ0) is 22.0. The Morgan fingerprint density at radius 3 is 2.58 bits per heavy atom. The lowest BCUT2D eigenvalue weighted by Gasteiger charge is -2.36. The summed E-state index contributed by atoms with van der Waals surface area (Å²) < 4.78 is 18.9. The van der Waals surface area contributed by atoms with Gasteiger partial charge in [-0.25, -0.2) is 14.2 Å². The first-order valence-electron chi connectivity index (χ1n) is 9.61. The van der Waals surface area contributed by atoms with Crippen LogP contribution in [0.4, 0.5) is 10.1 Å². The Morgan fingerprint density at radius 1 is 1.16 bits per heavy atom. The Kier molecular flexibility index (Phi) is 5.90. The van der Waals surface area contributed by atoms with E-state index in [9.17, 15) is 14.0 Å². The van der Waals surface area contributed by atoms with E-state index in [2.05, 4.69) is 10.3 Å². The molecule has 0 saturated heterocycles. The van der Waals surface area contributed by atoms with Gasteiger partial charge in [-0.2, -0.15) is 0 Å². The summed E-state index contributed by atoms with van der Waals surface area (Å²) in [5.74, 6) is -1.34. The number of thioether (sulfide) groups is 1. The lowest BCUT2D eigenvalue weighted by molar-refractivity contribution is -0.136. The van der Waals surface area contributed by atoms with Gasteiger partial charge in [0.15, 0.2) is 5.17 Å². The minimum Gasteiger partial charge on any atom is -0.466 e. The van der Waals surface area contributed by atoms with Gasteiger partial charge in [-0.3, -0.25) is 4.79 Å². The molecule has 0 aromatic heterocycles. The summed E-state index contributed by atoms with van der Waals surface area (Å²) in [5, 5.41) is 5.12. The van der Waals surface area contributed by atoms with E-state index in [1.807, 2.05) is 40.6 Å². The fourth-order valence-electron chi connectivity index (χ4n) is 3.61. The summed E-state index contributed by atoms with van der Waals surface area (Å²) in [5.41, 5.74) is 2.65. The van der Waals surface area contributed by atoms with E-state index in [1.165, 1.54) is 31.0 Å². The van der Waals surface area contributed by atoms with Gasteiger partial charge in [0.2, 0.25) is 5.91 Å². The van der Waals surface area contributed by atoms with Crippen molar-refractivity contribution in [3.63, 3.8) is 0 Å². The molecule has 2 aliphatic heterocycles. The Morgan fingerprint density at radius 2 is 1.87 bits per heavy atom. The van der Waals surface area contributed by atoms with Crippen molar-refractivity contribution in [2.75, 3.05) is 12.4 Å². The van der Waals surface area contributed by atoms with Crippen LogP contribution in [0.1, 0.15) is 24.9 Å². The maximum Gasteiger partial charge on any atom is 0.338 e. The van der Waals surface area contributed by atoms with Crippen LogP contribution in [0.25, 0.3) is 0 Å². The number of carbonyl (C=O) groups excluding carboxylic acids is 2. The van der Waals surface area contributed by atoms with Crippen molar-refractivity contribution in [3.8, 4) is 0 Å². The van der Waals surface area contributed by atoms with Crippen molar-refractivity contribution in [2.24, 2.45) is 4.99 Å². The smallest absolute Gasteiger partial charge is 0.338 e. The fraction of sp³-hybridized carbons (Fsp3) is 0.174. The number of allylic oxidation sites excluding steroid dienone is 1. The molecule has 4 rings (SSSR count). The Bertz CT molecular complexity index is 1130. The van der Waals surface area contributed by atoms with Crippen LogP contribution in [-0.4, -0.2) is 29.1 Å². The van der Waals surface area contributed by atoms with Crippen molar-refractivity contribution in [3.05, 3.63) is 88.4 Å². The Hall–Kier alpha value is -3.39. The molecule has 0 bridgehead atoms. The average Bonchev–Trinajstić information content (AvgIpc) is 3.16. The molecule has 8 heteroatoms.